The lowest BCUT2D eigenvalue weighted by atomic mass is 9.92. The maximum Gasteiger partial charge on any atom is 0.227 e. The van der Waals surface area contributed by atoms with Crippen molar-refractivity contribution in [2.24, 2.45) is 5.92 Å². The van der Waals surface area contributed by atoms with E-state index in [1.54, 1.807) is 24.1 Å². The molecule has 0 amide bonds. The molecule has 3 aromatic rings. The van der Waals surface area contributed by atoms with E-state index in [0.717, 1.165) is 16.5 Å². The van der Waals surface area contributed by atoms with Crippen LogP contribution in [-0.4, -0.2) is 66.2 Å². The predicted octanol–water partition coefficient (Wildman–Crippen LogP) is 4.48. The van der Waals surface area contributed by atoms with Crippen molar-refractivity contribution in [2.75, 3.05) is 48.3 Å². The fraction of sp³-hybridized carbons (Fsp3) is 0.481. The molecule has 190 valence electrons. The van der Waals surface area contributed by atoms with E-state index in [-0.39, 0.29) is 24.7 Å². The minimum absolute atomic E-state index is 0.0556. The third-order valence-electron chi connectivity index (χ3n) is 7.15. The maximum atomic E-state index is 14.7. The molecule has 9 heteroatoms. The van der Waals surface area contributed by atoms with Crippen LogP contribution in [0.25, 0.3) is 10.8 Å². The highest BCUT2D eigenvalue weighted by molar-refractivity contribution is 5.98. The monoisotopic (exact) mass is 495 g/mol. The summed E-state index contributed by atoms with van der Waals surface area (Å²) in [4.78, 5) is 29.1. The third-order valence-corrected chi connectivity index (χ3v) is 7.15. The summed E-state index contributed by atoms with van der Waals surface area (Å²) in [6.45, 7) is 7.70. The number of Topliss-reactive ketones (excluding diaryl/α,β-unsaturated/α-hetero) is 1. The molecule has 2 atom stereocenters. The number of carbonyl (C=O) groups is 1. The summed E-state index contributed by atoms with van der Waals surface area (Å²) in [5, 5.41) is 5.37. The van der Waals surface area contributed by atoms with Crippen molar-refractivity contribution in [3.05, 3.63) is 42.2 Å². The van der Waals surface area contributed by atoms with Crippen molar-refractivity contribution in [1.82, 2.24) is 15.0 Å². The van der Waals surface area contributed by atoms with Crippen LogP contribution in [0.5, 0.6) is 0 Å². The van der Waals surface area contributed by atoms with Gasteiger partial charge in [0.25, 0.3) is 0 Å². The Morgan fingerprint density at radius 1 is 1.17 bits per heavy atom. The number of alkyl halides is 1. The van der Waals surface area contributed by atoms with Crippen molar-refractivity contribution < 1.29 is 18.0 Å². The summed E-state index contributed by atoms with van der Waals surface area (Å²) in [5.74, 6) is 2.08. The highest BCUT2D eigenvalue weighted by Gasteiger charge is 2.32. The Morgan fingerprint density at radius 2 is 2.00 bits per heavy atom. The molecule has 2 fully saturated rings. The fourth-order valence-corrected chi connectivity index (χ4v) is 4.93. The molecule has 0 saturated carbocycles. The molecule has 8 nitrogen and oxygen atoms in total. The first-order valence-corrected chi connectivity index (χ1v) is 12.3. The number of fused-ring (bicyclic) bond motifs is 1. The van der Waals surface area contributed by atoms with Crippen LogP contribution in [0.1, 0.15) is 42.8 Å². The zero-order valence-electron chi connectivity index (χ0n) is 23.7. The minimum atomic E-state index is -2.63. The summed E-state index contributed by atoms with van der Waals surface area (Å²) in [5.41, 5.74) is 2.27. The average Bonchev–Trinajstić information content (AvgIpc) is 2.83. The Hall–Kier alpha value is -3.33. The van der Waals surface area contributed by atoms with Gasteiger partial charge in [-0.1, -0.05) is 19.9 Å². The Labute approximate surface area is 215 Å². The molecule has 2 aliphatic heterocycles. The number of hydrogen-bond acceptors (Lipinski definition) is 8. The number of nitrogens with one attached hydrogen (secondary N) is 1. The molecule has 1 aromatic carbocycles. The van der Waals surface area contributed by atoms with Crippen molar-refractivity contribution in [3.63, 3.8) is 0 Å². The number of pyridine rings is 1. The molecule has 2 aromatic heterocycles. The smallest absolute Gasteiger partial charge is 0.227 e. The van der Waals surface area contributed by atoms with Crippen molar-refractivity contribution in [1.29, 1.82) is 0 Å². The van der Waals surface area contributed by atoms with Crippen LogP contribution < -0.4 is 15.1 Å². The van der Waals surface area contributed by atoms with Crippen LogP contribution in [0.2, 0.25) is 0 Å². The molecule has 0 unspecified atom stereocenters. The molecule has 0 aliphatic carbocycles. The summed E-state index contributed by atoms with van der Waals surface area (Å²) in [6, 6.07) is 7.98. The Bertz CT molecular complexity index is 1370. The summed E-state index contributed by atoms with van der Waals surface area (Å²) >= 11 is 0. The van der Waals surface area contributed by atoms with E-state index in [2.05, 4.69) is 51.1 Å². The summed E-state index contributed by atoms with van der Waals surface area (Å²) in [6.07, 6.45) is 1.21. The van der Waals surface area contributed by atoms with Gasteiger partial charge in [0, 0.05) is 50.1 Å². The van der Waals surface area contributed by atoms with Gasteiger partial charge in [-0.3, -0.25) is 4.79 Å². The predicted molar refractivity (Wildman–Crippen MR) is 140 cm³/mol. The number of methoxy groups -OCH3 is 1. The van der Waals surface area contributed by atoms with Crippen molar-refractivity contribution in [2.45, 2.75) is 45.4 Å². The Kier molecular flexibility index (Phi) is 5.76. The zero-order valence-corrected chi connectivity index (χ0v) is 20.7. The first-order valence-electron chi connectivity index (χ1n) is 13.8. The number of halogens is 1. The number of nitrogens with zero attached hydrogens (tertiary/aromatic N) is 5. The van der Waals surface area contributed by atoms with Crippen LogP contribution in [0.4, 0.5) is 27.7 Å². The number of anilines is 4. The normalized spacial score (nSPS) is 22.2. The van der Waals surface area contributed by atoms with E-state index in [0.29, 0.717) is 43.1 Å². The molecule has 36 heavy (non-hydrogen) atoms. The minimum Gasteiger partial charge on any atom is -0.378 e. The van der Waals surface area contributed by atoms with Crippen LogP contribution in [0.3, 0.4) is 0 Å². The van der Waals surface area contributed by atoms with Crippen LogP contribution in [-0.2, 0) is 9.53 Å². The number of aromatic nitrogens is 3. The molecule has 0 bridgehead atoms. The van der Waals surface area contributed by atoms with Gasteiger partial charge in [-0.15, -0.1) is 0 Å². The van der Waals surface area contributed by atoms with Crippen molar-refractivity contribution in [3.8, 4) is 0 Å². The SMILES string of the molecule is [2H]C([2H])([2H])O[C@@H]1CCN(c2nccc(Nc3cc4c(C(C)C)ccc(N5CC(C(C)=O)C5)c4cn3)n2)C[C@@H]1F. The first kappa shape index (κ1) is 20.8. The molecule has 0 spiro atoms. The summed E-state index contributed by atoms with van der Waals surface area (Å²) < 4.78 is 41.3. The van der Waals surface area contributed by atoms with Gasteiger partial charge in [0.15, 0.2) is 0 Å². The van der Waals surface area contributed by atoms with Gasteiger partial charge in [-0.25, -0.2) is 14.4 Å². The Morgan fingerprint density at radius 3 is 2.72 bits per heavy atom. The van der Waals surface area contributed by atoms with E-state index in [1.807, 2.05) is 12.3 Å². The highest BCUT2D eigenvalue weighted by atomic mass is 19.1. The number of ether oxygens (including phenoxy) is 1. The lowest BCUT2D eigenvalue weighted by Gasteiger charge is -2.40. The number of piperidine rings is 1. The molecule has 4 heterocycles. The first-order chi connectivity index (χ1) is 18.5. The van der Waals surface area contributed by atoms with E-state index in [9.17, 15) is 9.18 Å². The molecule has 5 rings (SSSR count). The zero-order chi connectivity index (χ0) is 27.9. The summed E-state index contributed by atoms with van der Waals surface area (Å²) in [7, 11) is -2.63. The lowest BCUT2D eigenvalue weighted by Crippen LogP contribution is -2.49. The molecule has 1 N–H and O–H groups in total. The molecule has 0 radical (unpaired) electrons. The Balaban J connectivity index is 1.35. The third kappa shape index (κ3) is 4.72. The van der Waals surface area contributed by atoms with Crippen LogP contribution >= 0.6 is 0 Å². The van der Waals surface area contributed by atoms with Gasteiger partial charge in [-0.05, 0) is 48.4 Å². The lowest BCUT2D eigenvalue weighted by molar-refractivity contribution is -0.121. The standard InChI is InChI=1S/C27H33FN6O2/c1-16(2)19-5-6-23(34-13-18(14-34)17(3)35)21-12-30-26(11-20(19)21)31-25-7-9-29-27(32-25)33-10-8-24(36-4)22(28)15-33/h5-7,9,11-12,16,18,22,24H,8,10,13-15H2,1-4H3,(H,29,30,31,32)/t22-,24+/m0/s1/i4D3. The molecule has 2 aliphatic rings. The second-order valence-corrected chi connectivity index (χ2v) is 9.93. The molecular formula is C27H33FN6O2. The van der Waals surface area contributed by atoms with E-state index in [1.165, 1.54) is 5.56 Å². The molecular weight excluding hydrogens is 459 g/mol. The molecule has 2 saturated heterocycles. The van der Waals surface area contributed by atoms with E-state index in [4.69, 9.17) is 8.85 Å². The highest BCUT2D eigenvalue weighted by Crippen LogP contribution is 2.37. The van der Waals surface area contributed by atoms with Gasteiger partial charge in [0.05, 0.1) is 22.7 Å². The topological polar surface area (TPSA) is 83.5 Å². The van der Waals surface area contributed by atoms with Gasteiger partial charge in [0.2, 0.25) is 5.95 Å². The van der Waals surface area contributed by atoms with Gasteiger partial charge in [0.1, 0.15) is 23.6 Å². The maximum absolute atomic E-state index is 14.7. The second kappa shape index (κ2) is 9.97. The average molecular weight is 496 g/mol. The van der Waals surface area contributed by atoms with Crippen LogP contribution in [0, 0.1) is 5.92 Å². The van der Waals surface area contributed by atoms with Crippen molar-refractivity contribution >= 4 is 39.8 Å². The number of hydrogen-bond donors (Lipinski definition) is 1. The van der Waals surface area contributed by atoms with Gasteiger partial charge < -0.3 is 19.9 Å². The number of benzene rings is 1. The number of carbonyl (C=O) groups excluding carboxylic acids is 1. The van der Waals surface area contributed by atoms with Gasteiger partial charge in [-0.2, -0.15) is 4.98 Å². The number of rotatable bonds is 7. The fourth-order valence-electron chi connectivity index (χ4n) is 4.93. The quantitative estimate of drug-likeness (QED) is 0.514. The second-order valence-electron chi connectivity index (χ2n) is 9.93. The van der Waals surface area contributed by atoms with E-state index >= 15 is 0 Å². The number of ketones is 1. The van der Waals surface area contributed by atoms with E-state index < -0.39 is 19.3 Å². The van der Waals surface area contributed by atoms with Gasteiger partial charge >= 0.3 is 0 Å². The van der Waals surface area contributed by atoms with Crippen LogP contribution in [0.15, 0.2) is 36.7 Å². The largest absolute Gasteiger partial charge is 0.378 e.